The van der Waals surface area contributed by atoms with Crippen LogP contribution in [0.3, 0.4) is 0 Å². The molecule has 0 aliphatic carbocycles. The molecule has 3 nitrogen and oxygen atoms in total. The van der Waals surface area contributed by atoms with E-state index in [2.05, 4.69) is 31.0 Å². The Hall–Kier alpha value is -0.120. The van der Waals surface area contributed by atoms with Crippen LogP contribution in [0.25, 0.3) is 0 Å². The summed E-state index contributed by atoms with van der Waals surface area (Å²) >= 11 is 0. The molecule has 1 aliphatic heterocycles. The normalized spacial score (nSPS) is 23.6. The number of morpholine rings is 1. The largest absolute Gasteiger partial charge is 0.379 e. The van der Waals surface area contributed by atoms with Crippen LogP contribution in [0.1, 0.15) is 33.6 Å². The van der Waals surface area contributed by atoms with Crippen molar-refractivity contribution in [1.82, 2.24) is 10.2 Å². The van der Waals surface area contributed by atoms with Crippen LogP contribution in [0, 0.1) is 0 Å². The summed E-state index contributed by atoms with van der Waals surface area (Å²) in [5, 5.41) is 3.60. The van der Waals surface area contributed by atoms with Crippen molar-refractivity contribution in [3.05, 3.63) is 0 Å². The first-order valence-electron chi connectivity index (χ1n) is 6.33. The lowest BCUT2D eigenvalue weighted by Crippen LogP contribution is -2.47. The molecule has 1 saturated heterocycles. The van der Waals surface area contributed by atoms with Crippen molar-refractivity contribution in [3.8, 4) is 0 Å². The third-order valence-electron chi connectivity index (χ3n) is 3.32. The smallest absolute Gasteiger partial charge is 0.0619 e. The van der Waals surface area contributed by atoms with Gasteiger partial charge in [-0.3, -0.25) is 4.90 Å². The second kappa shape index (κ2) is 7.20. The zero-order valence-electron chi connectivity index (χ0n) is 10.5. The van der Waals surface area contributed by atoms with E-state index >= 15 is 0 Å². The van der Waals surface area contributed by atoms with Crippen molar-refractivity contribution < 1.29 is 4.74 Å². The zero-order valence-corrected chi connectivity index (χ0v) is 10.5. The summed E-state index contributed by atoms with van der Waals surface area (Å²) in [6.45, 7) is 11.9. The predicted molar refractivity (Wildman–Crippen MR) is 64.2 cm³/mol. The van der Waals surface area contributed by atoms with E-state index in [0.29, 0.717) is 12.1 Å². The fraction of sp³-hybridized carbons (Fsp3) is 1.00. The highest BCUT2D eigenvalue weighted by Gasteiger charge is 2.17. The molecule has 1 aliphatic rings. The van der Waals surface area contributed by atoms with Gasteiger partial charge in [0.25, 0.3) is 0 Å². The summed E-state index contributed by atoms with van der Waals surface area (Å²) in [5.74, 6) is 0. The number of ether oxygens (including phenoxy) is 1. The van der Waals surface area contributed by atoms with E-state index in [1.807, 2.05) is 0 Å². The third kappa shape index (κ3) is 4.49. The van der Waals surface area contributed by atoms with Crippen molar-refractivity contribution in [2.75, 3.05) is 32.8 Å². The second-order valence-corrected chi connectivity index (χ2v) is 4.43. The van der Waals surface area contributed by atoms with Gasteiger partial charge in [-0.1, -0.05) is 13.8 Å². The summed E-state index contributed by atoms with van der Waals surface area (Å²) in [6, 6.07) is 1.28. The summed E-state index contributed by atoms with van der Waals surface area (Å²) in [4.78, 5) is 2.51. The van der Waals surface area contributed by atoms with Crippen LogP contribution < -0.4 is 5.32 Å². The van der Waals surface area contributed by atoms with Crippen LogP contribution in [-0.2, 0) is 4.74 Å². The van der Waals surface area contributed by atoms with E-state index in [1.54, 1.807) is 0 Å². The van der Waals surface area contributed by atoms with Crippen molar-refractivity contribution >= 4 is 0 Å². The molecule has 1 unspecified atom stereocenters. The van der Waals surface area contributed by atoms with Crippen LogP contribution in [0.15, 0.2) is 0 Å². The third-order valence-corrected chi connectivity index (χ3v) is 3.32. The van der Waals surface area contributed by atoms with Gasteiger partial charge in [-0.25, -0.2) is 0 Å². The molecule has 3 heteroatoms. The Balaban J connectivity index is 2.12. The van der Waals surface area contributed by atoms with Crippen LogP contribution in [0.5, 0.6) is 0 Å². The van der Waals surface area contributed by atoms with E-state index < -0.39 is 0 Å². The number of hydrogen-bond acceptors (Lipinski definition) is 3. The fourth-order valence-electron chi connectivity index (χ4n) is 2.08. The van der Waals surface area contributed by atoms with Gasteiger partial charge < -0.3 is 10.1 Å². The lowest BCUT2D eigenvalue weighted by Gasteiger charge is -2.33. The van der Waals surface area contributed by atoms with E-state index in [0.717, 1.165) is 32.8 Å². The van der Waals surface area contributed by atoms with Gasteiger partial charge >= 0.3 is 0 Å². The predicted octanol–water partition coefficient (Wildman–Crippen LogP) is 1.49. The van der Waals surface area contributed by atoms with Crippen LogP contribution in [0.2, 0.25) is 0 Å². The average molecular weight is 214 g/mol. The van der Waals surface area contributed by atoms with Gasteiger partial charge in [0.15, 0.2) is 0 Å². The monoisotopic (exact) mass is 214 g/mol. The van der Waals surface area contributed by atoms with Crippen molar-refractivity contribution in [2.24, 2.45) is 0 Å². The molecular formula is C12H26N2O. The van der Waals surface area contributed by atoms with Crippen LogP contribution in [0.4, 0.5) is 0 Å². The molecule has 0 aromatic carbocycles. The molecule has 0 aromatic rings. The molecule has 1 rings (SSSR count). The van der Waals surface area contributed by atoms with Gasteiger partial charge in [0.2, 0.25) is 0 Å². The minimum absolute atomic E-state index is 0.585. The maximum atomic E-state index is 5.42. The Kier molecular flexibility index (Phi) is 6.22. The Labute approximate surface area is 94.2 Å². The van der Waals surface area contributed by atoms with Crippen LogP contribution >= 0.6 is 0 Å². The lowest BCUT2D eigenvalue weighted by molar-refractivity contribution is 0.000140. The molecule has 15 heavy (non-hydrogen) atoms. The standard InChI is InChI=1S/C12H26N2O/c1-4-12(5-2)13-6-7-14-8-9-15-10-11(14)3/h11-13H,4-10H2,1-3H3. The average Bonchev–Trinajstić information content (AvgIpc) is 2.27. The van der Waals surface area contributed by atoms with E-state index in [1.165, 1.54) is 12.8 Å². The highest BCUT2D eigenvalue weighted by Crippen LogP contribution is 2.05. The van der Waals surface area contributed by atoms with Gasteiger partial charge in [-0.2, -0.15) is 0 Å². The van der Waals surface area contributed by atoms with E-state index in [4.69, 9.17) is 4.74 Å². The first-order chi connectivity index (χ1) is 7.27. The van der Waals surface area contributed by atoms with Gasteiger partial charge in [-0.05, 0) is 19.8 Å². The summed E-state index contributed by atoms with van der Waals surface area (Å²) in [6.07, 6.45) is 2.46. The second-order valence-electron chi connectivity index (χ2n) is 4.43. The fourth-order valence-corrected chi connectivity index (χ4v) is 2.08. The van der Waals surface area contributed by atoms with Gasteiger partial charge in [0.05, 0.1) is 13.2 Å². The van der Waals surface area contributed by atoms with E-state index in [9.17, 15) is 0 Å². The first kappa shape index (κ1) is 12.9. The highest BCUT2D eigenvalue weighted by atomic mass is 16.5. The molecular weight excluding hydrogens is 188 g/mol. The molecule has 0 amide bonds. The molecule has 0 bridgehead atoms. The van der Waals surface area contributed by atoms with Gasteiger partial charge in [0, 0.05) is 31.7 Å². The van der Waals surface area contributed by atoms with Crippen molar-refractivity contribution in [3.63, 3.8) is 0 Å². The van der Waals surface area contributed by atoms with Crippen molar-refractivity contribution in [2.45, 2.75) is 45.7 Å². The number of nitrogens with zero attached hydrogens (tertiary/aromatic N) is 1. The minimum Gasteiger partial charge on any atom is -0.379 e. The quantitative estimate of drug-likeness (QED) is 0.725. The number of nitrogens with one attached hydrogen (secondary N) is 1. The minimum atomic E-state index is 0.585. The van der Waals surface area contributed by atoms with Crippen LogP contribution in [-0.4, -0.2) is 49.8 Å². The van der Waals surface area contributed by atoms with E-state index in [-0.39, 0.29) is 0 Å². The van der Waals surface area contributed by atoms with Crippen molar-refractivity contribution in [1.29, 1.82) is 0 Å². The molecule has 90 valence electrons. The SMILES string of the molecule is CCC(CC)NCCN1CCOCC1C. The summed E-state index contributed by atoms with van der Waals surface area (Å²) in [5.41, 5.74) is 0. The zero-order chi connectivity index (χ0) is 11.1. The Morgan fingerprint density at radius 3 is 2.73 bits per heavy atom. The molecule has 1 heterocycles. The molecule has 1 atom stereocenters. The Bertz CT molecular complexity index is 160. The number of rotatable bonds is 6. The molecule has 0 aromatic heterocycles. The summed E-state index contributed by atoms with van der Waals surface area (Å²) < 4.78 is 5.42. The topological polar surface area (TPSA) is 24.5 Å². The maximum absolute atomic E-state index is 5.42. The number of hydrogen-bond donors (Lipinski definition) is 1. The molecule has 0 spiro atoms. The summed E-state index contributed by atoms with van der Waals surface area (Å²) in [7, 11) is 0. The lowest BCUT2D eigenvalue weighted by atomic mass is 10.2. The molecule has 0 radical (unpaired) electrons. The Morgan fingerprint density at radius 1 is 1.40 bits per heavy atom. The highest BCUT2D eigenvalue weighted by molar-refractivity contribution is 4.72. The molecule has 0 saturated carbocycles. The van der Waals surface area contributed by atoms with Gasteiger partial charge in [-0.15, -0.1) is 0 Å². The first-order valence-corrected chi connectivity index (χ1v) is 6.33. The Morgan fingerprint density at radius 2 is 2.13 bits per heavy atom. The van der Waals surface area contributed by atoms with Gasteiger partial charge in [0.1, 0.15) is 0 Å². The maximum Gasteiger partial charge on any atom is 0.0619 e. The molecule has 1 N–H and O–H groups in total. The molecule has 1 fully saturated rings.